The van der Waals surface area contributed by atoms with Gasteiger partial charge >= 0.3 is 0 Å². The fourth-order valence-electron chi connectivity index (χ4n) is 1.58. The molecule has 76 valence electrons. The summed E-state index contributed by atoms with van der Waals surface area (Å²) >= 11 is 0. The average Bonchev–Trinajstić information content (AvgIpc) is 2.18. The number of allylic oxidation sites excluding steroid dienone is 1. The molecule has 0 amide bonds. The van der Waals surface area contributed by atoms with Gasteiger partial charge in [0.2, 0.25) is 0 Å². The minimum Gasteiger partial charge on any atom is -0.374 e. The van der Waals surface area contributed by atoms with Crippen LogP contribution in [0, 0.1) is 6.92 Å². The Bertz CT molecular complexity index is 291. The van der Waals surface area contributed by atoms with E-state index in [1.54, 1.807) is 0 Å². The van der Waals surface area contributed by atoms with E-state index < -0.39 is 0 Å². The number of aryl methyl sites for hydroxylation is 1. The molecule has 0 aromatic heterocycles. The summed E-state index contributed by atoms with van der Waals surface area (Å²) in [5.41, 5.74) is 2.67. The van der Waals surface area contributed by atoms with Crippen LogP contribution in [-0.2, 0) is 0 Å². The maximum absolute atomic E-state index is 3.73. The number of anilines is 1. The third-order valence-electron chi connectivity index (χ3n) is 2.43. The Morgan fingerprint density at radius 3 is 2.71 bits per heavy atom. The Hall–Kier alpha value is -1.24. The summed E-state index contributed by atoms with van der Waals surface area (Å²) < 4.78 is 0. The molecule has 1 aromatic carbocycles. The molecule has 0 heterocycles. The van der Waals surface area contributed by atoms with E-state index in [1.807, 2.05) is 6.08 Å². The lowest BCUT2D eigenvalue weighted by Crippen LogP contribution is -2.19. The third-order valence-corrected chi connectivity index (χ3v) is 2.43. The van der Waals surface area contributed by atoms with Crippen LogP contribution < -0.4 is 4.90 Å². The van der Waals surface area contributed by atoms with Crippen molar-refractivity contribution >= 4 is 5.69 Å². The largest absolute Gasteiger partial charge is 0.374 e. The topological polar surface area (TPSA) is 3.24 Å². The molecule has 1 rings (SSSR count). The van der Waals surface area contributed by atoms with Gasteiger partial charge in [-0.05, 0) is 31.4 Å². The molecule has 0 aliphatic rings. The second-order valence-corrected chi connectivity index (χ2v) is 3.64. The minimum absolute atomic E-state index is 1.09. The standard InChI is InChI=1S/C13H19N/c1-4-5-8-11-14(3)13-10-7-6-9-12(13)2/h4,6-7,9-10H,1,5,8,11H2,2-3H3. The van der Waals surface area contributed by atoms with E-state index in [4.69, 9.17) is 0 Å². The van der Waals surface area contributed by atoms with E-state index in [-0.39, 0.29) is 0 Å². The van der Waals surface area contributed by atoms with Crippen LogP contribution in [0.5, 0.6) is 0 Å². The van der Waals surface area contributed by atoms with Gasteiger partial charge in [0.25, 0.3) is 0 Å². The van der Waals surface area contributed by atoms with Gasteiger partial charge in [0.15, 0.2) is 0 Å². The molecule has 1 heteroatoms. The van der Waals surface area contributed by atoms with Crippen LogP contribution in [0.4, 0.5) is 5.69 Å². The highest BCUT2D eigenvalue weighted by atomic mass is 15.1. The lowest BCUT2D eigenvalue weighted by atomic mass is 10.2. The van der Waals surface area contributed by atoms with Crippen molar-refractivity contribution in [3.05, 3.63) is 42.5 Å². The molecule has 0 bridgehead atoms. The Balaban J connectivity index is 2.55. The predicted octanol–water partition coefficient (Wildman–Crippen LogP) is 3.40. The molecule has 0 saturated heterocycles. The maximum atomic E-state index is 3.73. The molecular weight excluding hydrogens is 170 g/mol. The zero-order valence-corrected chi connectivity index (χ0v) is 9.16. The number of nitrogens with zero attached hydrogens (tertiary/aromatic N) is 1. The summed E-state index contributed by atoms with van der Waals surface area (Å²) in [7, 11) is 2.14. The van der Waals surface area contributed by atoms with E-state index in [0.29, 0.717) is 0 Å². The first-order valence-corrected chi connectivity index (χ1v) is 5.13. The first-order valence-electron chi connectivity index (χ1n) is 5.13. The van der Waals surface area contributed by atoms with E-state index >= 15 is 0 Å². The normalized spacial score (nSPS) is 9.86. The molecule has 0 fully saturated rings. The molecular formula is C13H19N. The summed E-state index contributed by atoms with van der Waals surface area (Å²) in [5.74, 6) is 0. The molecule has 0 N–H and O–H groups in total. The summed E-state index contributed by atoms with van der Waals surface area (Å²) in [6.07, 6.45) is 4.25. The van der Waals surface area contributed by atoms with Crippen LogP contribution in [0.15, 0.2) is 36.9 Å². The van der Waals surface area contributed by atoms with Gasteiger partial charge < -0.3 is 4.90 Å². The number of rotatable bonds is 5. The second kappa shape index (κ2) is 5.48. The fourth-order valence-corrected chi connectivity index (χ4v) is 1.58. The van der Waals surface area contributed by atoms with E-state index in [1.165, 1.54) is 17.7 Å². The molecule has 0 unspecified atom stereocenters. The molecule has 14 heavy (non-hydrogen) atoms. The van der Waals surface area contributed by atoms with E-state index in [9.17, 15) is 0 Å². The molecule has 1 aromatic rings. The Labute approximate surface area is 87.1 Å². The average molecular weight is 189 g/mol. The van der Waals surface area contributed by atoms with Crippen molar-refractivity contribution in [2.45, 2.75) is 19.8 Å². The molecule has 0 saturated carbocycles. The number of unbranched alkanes of at least 4 members (excludes halogenated alkanes) is 1. The summed E-state index contributed by atoms with van der Waals surface area (Å²) in [4.78, 5) is 2.30. The van der Waals surface area contributed by atoms with Gasteiger partial charge in [-0.25, -0.2) is 0 Å². The van der Waals surface area contributed by atoms with Crippen LogP contribution in [0.2, 0.25) is 0 Å². The lowest BCUT2D eigenvalue weighted by molar-refractivity contribution is 0.800. The summed E-state index contributed by atoms with van der Waals surface area (Å²) in [6, 6.07) is 8.49. The quantitative estimate of drug-likeness (QED) is 0.507. The number of hydrogen-bond donors (Lipinski definition) is 0. The highest BCUT2D eigenvalue weighted by Crippen LogP contribution is 2.17. The fraction of sp³-hybridized carbons (Fsp3) is 0.385. The van der Waals surface area contributed by atoms with Crippen molar-refractivity contribution in [1.29, 1.82) is 0 Å². The van der Waals surface area contributed by atoms with Gasteiger partial charge in [0.1, 0.15) is 0 Å². The molecule has 1 nitrogen and oxygen atoms in total. The zero-order chi connectivity index (χ0) is 10.4. The Morgan fingerprint density at radius 1 is 1.36 bits per heavy atom. The monoisotopic (exact) mass is 189 g/mol. The van der Waals surface area contributed by atoms with Crippen molar-refractivity contribution < 1.29 is 0 Å². The summed E-state index contributed by atoms with van der Waals surface area (Å²) in [5, 5.41) is 0. The van der Waals surface area contributed by atoms with Gasteiger partial charge in [0, 0.05) is 19.3 Å². The zero-order valence-electron chi connectivity index (χ0n) is 9.16. The van der Waals surface area contributed by atoms with Crippen LogP contribution in [0.3, 0.4) is 0 Å². The third kappa shape index (κ3) is 2.91. The van der Waals surface area contributed by atoms with Crippen LogP contribution in [0.1, 0.15) is 18.4 Å². The Kier molecular flexibility index (Phi) is 4.24. The molecule has 0 aliphatic carbocycles. The predicted molar refractivity (Wildman–Crippen MR) is 63.9 cm³/mol. The highest BCUT2D eigenvalue weighted by Gasteiger charge is 2.01. The molecule has 0 aliphatic heterocycles. The molecule has 0 atom stereocenters. The molecule has 0 spiro atoms. The van der Waals surface area contributed by atoms with Crippen LogP contribution in [0.25, 0.3) is 0 Å². The number of para-hydroxylation sites is 1. The van der Waals surface area contributed by atoms with E-state index in [0.717, 1.165) is 13.0 Å². The van der Waals surface area contributed by atoms with Gasteiger partial charge in [0.05, 0.1) is 0 Å². The summed E-state index contributed by atoms with van der Waals surface area (Å²) in [6.45, 7) is 6.98. The van der Waals surface area contributed by atoms with Gasteiger partial charge in [-0.3, -0.25) is 0 Å². The smallest absolute Gasteiger partial charge is 0.0393 e. The van der Waals surface area contributed by atoms with E-state index in [2.05, 4.69) is 49.7 Å². The SMILES string of the molecule is C=CCCCN(C)c1ccccc1C. The van der Waals surface area contributed by atoms with Gasteiger partial charge in [-0.15, -0.1) is 6.58 Å². The minimum atomic E-state index is 1.09. The maximum Gasteiger partial charge on any atom is 0.0393 e. The first-order chi connectivity index (χ1) is 6.75. The van der Waals surface area contributed by atoms with Crippen molar-refractivity contribution in [3.8, 4) is 0 Å². The van der Waals surface area contributed by atoms with Gasteiger partial charge in [-0.2, -0.15) is 0 Å². The second-order valence-electron chi connectivity index (χ2n) is 3.64. The number of benzene rings is 1. The van der Waals surface area contributed by atoms with Gasteiger partial charge in [-0.1, -0.05) is 24.3 Å². The van der Waals surface area contributed by atoms with Crippen molar-refractivity contribution in [2.24, 2.45) is 0 Å². The van der Waals surface area contributed by atoms with Crippen molar-refractivity contribution in [2.75, 3.05) is 18.5 Å². The van der Waals surface area contributed by atoms with Crippen LogP contribution >= 0.6 is 0 Å². The highest BCUT2D eigenvalue weighted by molar-refractivity contribution is 5.52. The van der Waals surface area contributed by atoms with Crippen LogP contribution in [-0.4, -0.2) is 13.6 Å². The van der Waals surface area contributed by atoms with Crippen molar-refractivity contribution in [3.63, 3.8) is 0 Å². The van der Waals surface area contributed by atoms with Crippen molar-refractivity contribution in [1.82, 2.24) is 0 Å². The number of hydrogen-bond acceptors (Lipinski definition) is 1. The molecule has 0 radical (unpaired) electrons. The Morgan fingerprint density at radius 2 is 2.07 bits per heavy atom. The first kappa shape index (κ1) is 10.8. The lowest BCUT2D eigenvalue weighted by Gasteiger charge is -2.20.